The van der Waals surface area contributed by atoms with Crippen LogP contribution in [0.25, 0.3) is 5.52 Å². The largest absolute Gasteiger partial charge is 0.345 e. The second-order valence-electron chi connectivity index (χ2n) is 5.79. The molecule has 0 unspecified atom stereocenters. The molecule has 1 aliphatic carbocycles. The molecule has 3 aromatic rings. The van der Waals surface area contributed by atoms with Gasteiger partial charge < -0.3 is 5.32 Å². The van der Waals surface area contributed by atoms with E-state index in [2.05, 4.69) is 29.9 Å². The van der Waals surface area contributed by atoms with Crippen LogP contribution >= 0.6 is 0 Å². The molecule has 0 atom stereocenters. The highest BCUT2D eigenvalue weighted by Gasteiger charge is 2.28. The molecular formula is C15H16N6O2. The summed E-state index contributed by atoms with van der Waals surface area (Å²) in [5.41, 5.74) is 2.07. The summed E-state index contributed by atoms with van der Waals surface area (Å²) in [5, 5.41) is 8.80. The molecule has 4 rings (SSSR count). The van der Waals surface area contributed by atoms with Crippen LogP contribution in [0.4, 0.5) is 0 Å². The van der Waals surface area contributed by atoms with E-state index in [0.29, 0.717) is 17.3 Å². The van der Waals surface area contributed by atoms with Gasteiger partial charge in [0.1, 0.15) is 11.6 Å². The molecule has 3 heterocycles. The molecule has 0 spiro atoms. The van der Waals surface area contributed by atoms with E-state index in [1.807, 2.05) is 19.2 Å². The zero-order chi connectivity index (χ0) is 16.0. The van der Waals surface area contributed by atoms with E-state index in [4.69, 9.17) is 0 Å². The fourth-order valence-electron chi connectivity index (χ4n) is 2.79. The van der Waals surface area contributed by atoms with Gasteiger partial charge >= 0.3 is 5.69 Å². The molecule has 3 N–H and O–H groups in total. The number of nitrogens with one attached hydrogen (secondary N) is 3. The topological polar surface area (TPSA) is 108 Å². The highest BCUT2D eigenvalue weighted by Crippen LogP contribution is 2.39. The lowest BCUT2D eigenvalue weighted by atomic mass is 10.1. The molecule has 3 aromatic heterocycles. The molecule has 0 aromatic carbocycles. The van der Waals surface area contributed by atoms with Gasteiger partial charge in [-0.25, -0.2) is 14.9 Å². The third-order valence-electron chi connectivity index (χ3n) is 4.12. The van der Waals surface area contributed by atoms with E-state index >= 15 is 0 Å². The maximum Gasteiger partial charge on any atom is 0.340 e. The van der Waals surface area contributed by atoms with Crippen molar-refractivity contribution in [3.8, 4) is 0 Å². The number of aromatic amines is 2. The number of amides is 1. The van der Waals surface area contributed by atoms with Gasteiger partial charge in [0, 0.05) is 11.6 Å². The van der Waals surface area contributed by atoms with Gasteiger partial charge in [0.05, 0.1) is 23.8 Å². The van der Waals surface area contributed by atoms with Gasteiger partial charge in [-0.1, -0.05) is 0 Å². The number of pyridine rings is 1. The number of fused-ring (bicyclic) bond motifs is 1. The number of rotatable bonds is 4. The fourth-order valence-corrected chi connectivity index (χ4v) is 2.79. The minimum atomic E-state index is -0.390. The normalized spacial score (nSPS) is 14.3. The first kappa shape index (κ1) is 13.7. The zero-order valence-corrected chi connectivity index (χ0v) is 12.6. The van der Waals surface area contributed by atoms with E-state index in [1.54, 1.807) is 6.07 Å². The zero-order valence-electron chi connectivity index (χ0n) is 12.6. The van der Waals surface area contributed by atoms with Crippen LogP contribution in [0, 0.1) is 6.92 Å². The van der Waals surface area contributed by atoms with Gasteiger partial charge in [-0.15, -0.1) is 0 Å². The van der Waals surface area contributed by atoms with Crippen LogP contribution < -0.4 is 11.0 Å². The number of aromatic nitrogens is 5. The number of hydrogen-bond acceptors (Lipinski definition) is 4. The van der Waals surface area contributed by atoms with Crippen LogP contribution in [0.15, 0.2) is 23.1 Å². The van der Waals surface area contributed by atoms with Crippen LogP contribution in [-0.4, -0.2) is 30.5 Å². The van der Waals surface area contributed by atoms with Gasteiger partial charge in [0.15, 0.2) is 0 Å². The predicted molar refractivity (Wildman–Crippen MR) is 82.3 cm³/mol. The Kier molecular flexibility index (Phi) is 3.03. The highest BCUT2D eigenvalue weighted by atomic mass is 16.2. The Morgan fingerprint density at radius 2 is 2.26 bits per heavy atom. The van der Waals surface area contributed by atoms with E-state index in [1.165, 1.54) is 0 Å². The fraction of sp³-hybridized carbons (Fsp3) is 0.333. The summed E-state index contributed by atoms with van der Waals surface area (Å²) < 4.78 is 2.06. The van der Waals surface area contributed by atoms with E-state index in [0.717, 1.165) is 29.9 Å². The number of hydrogen-bond donors (Lipinski definition) is 3. The quantitative estimate of drug-likeness (QED) is 0.664. The van der Waals surface area contributed by atoms with Crippen molar-refractivity contribution >= 4 is 11.4 Å². The van der Waals surface area contributed by atoms with Crippen LogP contribution in [-0.2, 0) is 6.54 Å². The first-order valence-electron chi connectivity index (χ1n) is 7.52. The SMILES string of the molecule is Cc1c(C(=O)NCc2n[nH]c(=O)[nH]2)ccc2cnc(C3CC3)n12. The van der Waals surface area contributed by atoms with Crippen LogP contribution in [0.3, 0.4) is 0 Å². The molecule has 23 heavy (non-hydrogen) atoms. The van der Waals surface area contributed by atoms with Crippen molar-refractivity contribution in [2.24, 2.45) is 0 Å². The monoisotopic (exact) mass is 312 g/mol. The summed E-state index contributed by atoms with van der Waals surface area (Å²) in [7, 11) is 0. The molecule has 0 aliphatic heterocycles. The number of nitrogens with zero attached hydrogens (tertiary/aromatic N) is 3. The smallest absolute Gasteiger partial charge is 0.340 e. The van der Waals surface area contributed by atoms with Gasteiger partial charge in [-0.2, -0.15) is 5.10 Å². The minimum Gasteiger partial charge on any atom is -0.345 e. The van der Waals surface area contributed by atoms with Crippen molar-refractivity contribution < 1.29 is 4.79 Å². The summed E-state index contributed by atoms with van der Waals surface area (Å²) in [4.78, 5) is 30.4. The van der Waals surface area contributed by atoms with Gasteiger partial charge in [-0.05, 0) is 31.9 Å². The van der Waals surface area contributed by atoms with Crippen molar-refractivity contribution in [1.82, 2.24) is 29.9 Å². The van der Waals surface area contributed by atoms with E-state index < -0.39 is 0 Å². The standard InChI is InChI=1S/C15H16N6O2/c1-8-11(14(22)17-7-12-18-15(23)20-19-12)5-4-10-6-16-13(21(8)10)9-2-3-9/h4-6,9H,2-3,7H2,1H3,(H,17,22)(H2,18,19,20,23). The number of carbonyl (C=O) groups excluding carboxylic acids is 1. The summed E-state index contributed by atoms with van der Waals surface area (Å²) in [6.45, 7) is 2.08. The molecule has 8 heteroatoms. The Morgan fingerprint density at radius 1 is 1.43 bits per heavy atom. The first-order valence-corrected chi connectivity index (χ1v) is 7.52. The van der Waals surface area contributed by atoms with Crippen molar-refractivity contribution in [1.29, 1.82) is 0 Å². The number of aryl methyl sites for hydroxylation is 1. The molecule has 0 saturated heterocycles. The van der Waals surface area contributed by atoms with Gasteiger partial charge in [-0.3, -0.25) is 14.2 Å². The first-order chi connectivity index (χ1) is 11.1. The predicted octanol–water partition coefficient (Wildman–Crippen LogP) is 0.862. The molecule has 1 saturated carbocycles. The van der Waals surface area contributed by atoms with Crippen molar-refractivity contribution in [2.45, 2.75) is 32.2 Å². The lowest BCUT2D eigenvalue weighted by Crippen LogP contribution is -2.25. The summed E-state index contributed by atoms with van der Waals surface area (Å²) in [5.74, 6) is 1.72. The Morgan fingerprint density at radius 3 is 2.96 bits per heavy atom. The molecule has 1 aliphatic rings. The highest BCUT2D eigenvalue weighted by molar-refractivity contribution is 5.95. The molecule has 1 amide bonds. The molecule has 118 valence electrons. The second kappa shape index (κ2) is 5.08. The van der Waals surface area contributed by atoms with Gasteiger partial charge in [0.2, 0.25) is 0 Å². The average Bonchev–Trinajstić information content (AvgIpc) is 3.15. The molecule has 8 nitrogen and oxygen atoms in total. The number of H-pyrrole nitrogens is 2. The van der Waals surface area contributed by atoms with Crippen molar-refractivity contribution in [3.63, 3.8) is 0 Å². The van der Waals surface area contributed by atoms with Crippen LogP contribution in [0.2, 0.25) is 0 Å². The number of imidazole rings is 1. The van der Waals surface area contributed by atoms with Crippen molar-refractivity contribution in [2.75, 3.05) is 0 Å². The molecule has 1 fully saturated rings. The van der Waals surface area contributed by atoms with Gasteiger partial charge in [0.25, 0.3) is 5.91 Å². The Balaban J connectivity index is 1.62. The maximum absolute atomic E-state index is 12.4. The molecule has 0 radical (unpaired) electrons. The second-order valence-corrected chi connectivity index (χ2v) is 5.79. The molecule has 0 bridgehead atoms. The summed E-state index contributed by atoms with van der Waals surface area (Å²) in [6.07, 6.45) is 4.15. The third kappa shape index (κ3) is 2.41. The van der Waals surface area contributed by atoms with Crippen molar-refractivity contribution in [3.05, 3.63) is 51.7 Å². The Labute approximate surface area is 130 Å². The number of carbonyl (C=O) groups is 1. The Hall–Kier alpha value is -2.90. The van der Waals surface area contributed by atoms with E-state index in [9.17, 15) is 9.59 Å². The average molecular weight is 312 g/mol. The third-order valence-corrected chi connectivity index (χ3v) is 4.12. The lowest BCUT2D eigenvalue weighted by molar-refractivity contribution is 0.0948. The summed E-state index contributed by atoms with van der Waals surface area (Å²) in [6, 6.07) is 3.70. The minimum absolute atomic E-state index is 0.161. The summed E-state index contributed by atoms with van der Waals surface area (Å²) >= 11 is 0. The lowest BCUT2D eigenvalue weighted by Gasteiger charge is -2.10. The molecular weight excluding hydrogens is 296 g/mol. The van der Waals surface area contributed by atoms with E-state index in [-0.39, 0.29) is 18.1 Å². The van der Waals surface area contributed by atoms with Crippen LogP contribution in [0.1, 0.15) is 46.5 Å². The maximum atomic E-state index is 12.4. The van der Waals surface area contributed by atoms with Crippen LogP contribution in [0.5, 0.6) is 0 Å². The Bertz CT molecular complexity index is 946.